The van der Waals surface area contributed by atoms with Crippen molar-refractivity contribution in [2.24, 2.45) is 0 Å². The van der Waals surface area contributed by atoms with Crippen molar-refractivity contribution in [2.75, 3.05) is 0 Å². The van der Waals surface area contributed by atoms with Gasteiger partial charge in [0.15, 0.2) is 6.29 Å². The summed E-state index contributed by atoms with van der Waals surface area (Å²) in [7, 11) is 0. The molecular weight excluding hydrogens is 436 g/mol. The number of rotatable bonds is 1. The molecule has 0 atom stereocenters. The molecule has 2 nitrogen and oxygen atoms in total. The molecule has 72 valence electrons. The zero-order valence-electron chi connectivity index (χ0n) is 6.06. The number of aliphatic hydroxyl groups excluding tert-OH is 1. The van der Waals surface area contributed by atoms with Gasteiger partial charge >= 0.3 is 0 Å². The molecule has 1 aromatic rings. The molecule has 0 fully saturated rings. The maximum Gasteiger partial charge on any atom is 0.179 e. The Morgan fingerprint density at radius 1 is 0.923 bits per heavy atom. The molecule has 0 aliphatic rings. The minimum Gasteiger partial charge on any atom is -0.364 e. The van der Waals surface area contributed by atoms with E-state index in [-0.39, 0.29) is 0 Å². The summed E-state index contributed by atoms with van der Waals surface area (Å²) >= 11 is 13.2. The predicted molar refractivity (Wildman–Crippen MR) is 64.4 cm³/mol. The average molecular weight is 440 g/mol. The first-order chi connectivity index (χ1) is 5.95. The topological polar surface area (TPSA) is 40.5 Å². The number of hydrogen-bond acceptors (Lipinski definition) is 2. The van der Waals surface area contributed by atoms with E-state index in [9.17, 15) is 0 Å². The second-order valence-electron chi connectivity index (χ2n) is 2.26. The summed E-state index contributed by atoms with van der Waals surface area (Å²) < 4.78 is 2.94. The van der Waals surface area contributed by atoms with Crippen LogP contribution in [0, 0.1) is 0 Å². The van der Waals surface area contributed by atoms with E-state index < -0.39 is 6.29 Å². The maximum atomic E-state index is 9.01. The van der Waals surface area contributed by atoms with Crippen LogP contribution in [-0.4, -0.2) is 10.2 Å². The minimum atomic E-state index is -1.49. The van der Waals surface area contributed by atoms with E-state index in [1.54, 1.807) is 6.07 Å². The highest BCUT2D eigenvalue weighted by molar-refractivity contribution is 9.15. The van der Waals surface area contributed by atoms with Crippen LogP contribution in [0.2, 0.25) is 0 Å². The van der Waals surface area contributed by atoms with Crippen LogP contribution in [0.4, 0.5) is 0 Å². The zero-order chi connectivity index (χ0) is 10.2. The molecule has 1 rings (SSSR count). The maximum absolute atomic E-state index is 9.01. The van der Waals surface area contributed by atoms with Crippen molar-refractivity contribution < 1.29 is 10.2 Å². The highest BCUT2D eigenvalue weighted by atomic mass is 79.9. The number of benzene rings is 1. The first-order valence-corrected chi connectivity index (χ1v) is 6.31. The average Bonchev–Trinajstić information content (AvgIpc) is 2.07. The lowest BCUT2D eigenvalue weighted by Crippen LogP contribution is -1.97. The van der Waals surface area contributed by atoms with Crippen molar-refractivity contribution in [1.29, 1.82) is 0 Å². The van der Waals surface area contributed by atoms with Gasteiger partial charge in [-0.3, -0.25) is 0 Å². The van der Waals surface area contributed by atoms with Crippen LogP contribution in [-0.2, 0) is 0 Å². The van der Waals surface area contributed by atoms with Crippen LogP contribution < -0.4 is 0 Å². The monoisotopic (exact) mass is 436 g/mol. The van der Waals surface area contributed by atoms with Crippen molar-refractivity contribution in [2.45, 2.75) is 6.29 Å². The summed E-state index contributed by atoms with van der Waals surface area (Å²) in [5, 5.41) is 18.0. The summed E-state index contributed by atoms with van der Waals surface area (Å²) in [6.45, 7) is 0. The van der Waals surface area contributed by atoms with Crippen molar-refractivity contribution in [3.05, 3.63) is 29.5 Å². The molecule has 13 heavy (non-hydrogen) atoms. The molecule has 0 aliphatic heterocycles. The number of halogens is 4. The van der Waals surface area contributed by atoms with E-state index in [1.165, 1.54) is 0 Å². The molecule has 2 N–H and O–H groups in total. The van der Waals surface area contributed by atoms with Crippen molar-refractivity contribution >= 4 is 63.7 Å². The van der Waals surface area contributed by atoms with Gasteiger partial charge in [0.05, 0.1) is 0 Å². The third-order valence-electron chi connectivity index (χ3n) is 1.41. The van der Waals surface area contributed by atoms with Crippen LogP contribution >= 0.6 is 63.7 Å². The van der Waals surface area contributed by atoms with Gasteiger partial charge in [-0.2, -0.15) is 0 Å². The zero-order valence-corrected chi connectivity index (χ0v) is 12.4. The highest BCUT2D eigenvalue weighted by Crippen LogP contribution is 2.40. The molecule has 0 spiro atoms. The van der Waals surface area contributed by atoms with Crippen LogP contribution in [0.5, 0.6) is 0 Å². The van der Waals surface area contributed by atoms with E-state index in [4.69, 9.17) is 10.2 Å². The van der Waals surface area contributed by atoms with Crippen molar-refractivity contribution in [1.82, 2.24) is 0 Å². The van der Waals surface area contributed by atoms with Gasteiger partial charge in [-0.25, -0.2) is 0 Å². The molecule has 6 heteroatoms. The summed E-state index contributed by atoms with van der Waals surface area (Å²) in [5.41, 5.74) is 0.405. The molecule has 0 aromatic heterocycles. The van der Waals surface area contributed by atoms with Gasteiger partial charge < -0.3 is 10.2 Å². The fourth-order valence-electron chi connectivity index (χ4n) is 0.779. The molecule has 0 saturated carbocycles. The highest BCUT2D eigenvalue weighted by Gasteiger charge is 2.15. The Balaban J connectivity index is 3.41. The fourth-order valence-corrected chi connectivity index (χ4v) is 3.03. The van der Waals surface area contributed by atoms with Crippen LogP contribution in [0.1, 0.15) is 11.9 Å². The number of aliphatic hydroxyl groups is 2. The minimum absolute atomic E-state index is 0.405. The Hall–Kier alpha value is 1.06. The molecule has 0 bridgehead atoms. The Morgan fingerprint density at radius 3 is 1.92 bits per heavy atom. The first kappa shape index (κ1) is 12.1. The van der Waals surface area contributed by atoms with Gasteiger partial charge in [-0.1, -0.05) is 0 Å². The van der Waals surface area contributed by atoms with Gasteiger partial charge in [0, 0.05) is 23.5 Å². The third kappa shape index (κ3) is 2.54. The molecule has 0 amide bonds. The summed E-state index contributed by atoms with van der Waals surface area (Å²) in [6.07, 6.45) is -1.49. The molecule has 0 unspecified atom stereocenters. The van der Waals surface area contributed by atoms with Crippen LogP contribution in [0.25, 0.3) is 0 Å². The van der Waals surface area contributed by atoms with Crippen molar-refractivity contribution in [3.8, 4) is 0 Å². The van der Waals surface area contributed by atoms with E-state index in [0.29, 0.717) is 10.0 Å². The lowest BCUT2D eigenvalue weighted by Gasteiger charge is -2.11. The normalized spacial score (nSPS) is 11.0. The molecule has 0 heterocycles. The molecule has 0 aliphatic carbocycles. The Labute approximate surface area is 109 Å². The largest absolute Gasteiger partial charge is 0.364 e. The van der Waals surface area contributed by atoms with E-state index in [2.05, 4.69) is 63.7 Å². The SMILES string of the molecule is OC(O)c1cc(Br)c(Br)c(Br)c1Br. The standard InChI is InChI=1S/C7H4Br4O2/c8-3-1-2(7(12)13)4(9)6(11)5(3)10/h1,7,12-13H. The smallest absolute Gasteiger partial charge is 0.179 e. The fraction of sp³-hybridized carbons (Fsp3) is 0.143. The molecule has 0 saturated heterocycles. The quantitative estimate of drug-likeness (QED) is 0.398. The molecular formula is C7H4Br4O2. The second-order valence-corrected chi connectivity index (χ2v) is 5.50. The summed E-state index contributed by atoms with van der Waals surface area (Å²) in [6, 6.07) is 1.63. The molecule has 1 aromatic carbocycles. The summed E-state index contributed by atoms with van der Waals surface area (Å²) in [4.78, 5) is 0. The van der Waals surface area contributed by atoms with Gasteiger partial charge in [0.2, 0.25) is 0 Å². The van der Waals surface area contributed by atoms with E-state index in [1.807, 2.05) is 0 Å². The van der Waals surface area contributed by atoms with Gasteiger partial charge in [0.25, 0.3) is 0 Å². The van der Waals surface area contributed by atoms with Gasteiger partial charge in [-0.15, -0.1) is 0 Å². The van der Waals surface area contributed by atoms with E-state index in [0.717, 1.165) is 13.4 Å². The summed E-state index contributed by atoms with van der Waals surface area (Å²) in [5.74, 6) is 0. The van der Waals surface area contributed by atoms with Crippen LogP contribution in [0.15, 0.2) is 24.0 Å². The first-order valence-electron chi connectivity index (χ1n) is 3.14. The third-order valence-corrected chi connectivity index (χ3v) is 6.10. The Morgan fingerprint density at radius 2 is 1.46 bits per heavy atom. The number of hydrogen-bond donors (Lipinski definition) is 2. The second kappa shape index (κ2) is 4.72. The Kier molecular flexibility index (Phi) is 4.40. The van der Waals surface area contributed by atoms with Gasteiger partial charge in [-0.05, 0) is 69.8 Å². The molecule has 0 radical (unpaired) electrons. The lowest BCUT2D eigenvalue weighted by atomic mass is 10.2. The van der Waals surface area contributed by atoms with Gasteiger partial charge in [0.1, 0.15) is 0 Å². The Bertz CT molecular complexity index is 338. The predicted octanol–water partition coefficient (Wildman–Crippen LogP) is 3.72. The van der Waals surface area contributed by atoms with E-state index >= 15 is 0 Å². The lowest BCUT2D eigenvalue weighted by molar-refractivity contribution is -0.0431. The van der Waals surface area contributed by atoms with Crippen LogP contribution in [0.3, 0.4) is 0 Å². The van der Waals surface area contributed by atoms with Crippen molar-refractivity contribution in [3.63, 3.8) is 0 Å².